The Morgan fingerprint density at radius 1 is 0.545 bits per heavy atom. The van der Waals surface area contributed by atoms with Crippen molar-refractivity contribution in [3.63, 3.8) is 0 Å². The van der Waals surface area contributed by atoms with Crippen LogP contribution in [0.25, 0.3) is 94.2 Å². The number of rotatable bonds is 6. The van der Waals surface area contributed by atoms with Gasteiger partial charge in [0.15, 0.2) is 16.6 Å². The first-order valence-electron chi connectivity index (χ1n) is 19.4. The third-order valence-electron chi connectivity index (χ3n) is 11.5. The minimum atomic E-state index is 0.199. The van der Waals surface area contributed by atoms with Gasteiger partial charge in [0, 0.05) is 32.7 Å². The van der Waals surface area contributed by atoms with Crippen molar-refractivity contribution in [2.75, 3.05) is 0 Å². The lowest BCUT2D eigenvalue weighted by Crippen LogP contribution is -2.30. The van der Waals surface area contributed by atoms with Gasteiger partial charge in [-0.3, -0.25) is 0 Å². The summed E-state index contributed by atoms with van der Waals surface area (Å²) in [5, 5.41) is 4.56. The quantitative estimate of drug-likeness (QED) is 0.161. The highest BCUT2D eigenvalue weighted by Crippen LogP contribution is 2.46. The molecule has 0 spiro atoms. The SMILES string of the molecule is Cc1ccc2c(oc3cc(-c4ccccc4)ccc32)c1-c1n(-c2c(C(C)C)cc3oc4cc(-c5ccccc5)ccc4c3c2C(C)C)c2ccccc2[n+]1C. The van der Waals surface area contributed by atoms with Crippen molar-refractivity contribution in [1.82, 2.24) is 4.57 Å². The smallest absolute Gasteiger partial charge is 0.299 e. The van der Waals surface area contributed by atoms with Crippen LogP contribution in [0.2, 0.25) is 0 Å². The van der Waals surface area contributed by atoms with Gasteiger partial charge in [0.05, 0.1) is 7.05 Å². The van der Waals surface area contributed by atoms with Gasteiger partial charge in [-0.2, -0.15) is 4.57 Å². The largest absolute Gasteiger partial charge is 0.456 e. The molecule has 3 aromatic heterocycles. The molecule has 268 valence electrons. The highest BCUT2D eigenvalue weighted by atomic mass is 16.3. The second-order valence-electron chi connectivity index (χ2n) is 15.6. The standard InChI is InChI=1S/C51H43N2O2/c1-30(2)40-29-45-48(39-26-23-36(28-44(39)54-45)34-17-11-8-12-18-34)46(31(3)4)49(40)53-42-20-14-13-19-41(42)52(6)51(53)47-32(5)21-24-38-37-25-22-35(27-43(37)55-50(38)47)33-15-9-7-10-16-33/h7-31H,1-6H3/q+1. The highest BCUT2D eigenvalue weighted by molar-refractivity contribution is 6.12. The summed E-state index contributed by atoms with van der Waals surface area (Å²) < 4.78 is 18.7. The number of fused-ring (bicyclic) bond motifs is 7. The monoisotopic (exact) mass is 715 g/mol. The fraction of sp³-hybridized carbons (Fsp3) is 0.157. The predicted octanol–water partition coefficient (Wildman–Crippen LogP) is 13.8. The van der Waals surface area contributed by atoms with Crippen LogP contribution in [0.5, 0.6) is 0 Å². The molecule has 0 N–H and O–H groups in total. The third-order valence-corrected chi connectivity index (χ3v) is 11.5. The van der Waals surface area contributed by atoms with E-state index in [4.69, 9.17) is 8.83 Å². The number of imidazole rings is 1. The molecule has 4 nitrogen and oxygen atoms in total. The molecule has 0 aliphatic carbocycles. The van der Waals surface area contributed by atoms with Crippen molar-refractivity contribution < 1.29 is 13.4 Å². The first-order valence-corrected chi connectivity index (χ1v) is 19.4. The maximum atomic E-state index is 7.00. The van der Waals surface area contributed by atoms with E-state index in [2.05, 4.69) is 190 Å². The molecule has 0 fully saturated rings. The number of para-hydroxylation sites is 2. The molecule has 0 radical (unpaired) electrons. The van der Waals surface area contributed by atoms with Gasteiger partial charge in [0.2, 0.25) is 0 Å². The number of aromatic nitrogens is 2. The third kappa shape index (κ3) is 5.08. The van der Waals surface area contributed by atoms with Crippen molar-refractivity contribution in [2.24, 2.45) is 7.05 Å². The molecule has 10 rings (SSSR count). The summed E-state index contributed by atoms with van der Waals surface area (Å²) in [4.78, 5) is 0. The maximum Gasteiger partial charge on any atom is 0.299 e. The van der Waals surface area contributed by atoms with Gasteiger partial charge in [0.25, 0.3) is 5.82 Å². The fourth-order valence-corrected chi connectivity index (χ4v) is 8.89. The summed E-state index contributed by atoms with van der Waals surface area (Å²) in [6.45, 7) is 11.4. The Morgan fingerprint density at radius 2 is 1.15 bits per heavy atom. The average molecular weight is 716 g/mol. The van der Waals surface area contributed by atoms with Crippen molar-refractivity contribution in [3.8, 4) is 39.3 Å². The van der Waals surface area contributed by atoms with E-state index in [0.29, 0.717) is 0 Å². The zero-order valence-corrected chi connectivity index (χ0v) is 32.1. The first kappa shape index (κ1) is 33.2. The number of hydrogen-bond donors (Lipinski definition) is 0. The Kier molecular flexibility index (Phi) is 7.60. The lowest BCUT2D eigenvalue weighted by Gasteiger charge is -2.20. The fourth-order valence-electron chi connectivity index (χ4n) is 8.89. The van der Waals surface area contributed by atoms with E-state index in [1.165, 1.54) is 33.3 Å². The Hall–Kier alpha value is -6.39. The highest BCUT2D eigenvalue weighted by Gasteiger charge is 2.35. The second kappa shape index (κ2) is 12.6. The molecular weight excluding hydrogens is 673 g/mol. The second-order valence-corrected chi connectivity index (χ2v) is 15.6. The van der Waals surface area contributed by atoms with E-state index in [-0.39, 0.29) is 11.8 Å². The van der Waals surface area contributed by atoms with Crippen LogP contribution < -0.4 is 4.57 Å². The summed E-state index contributed by atoms with van der Waals surface area (Å²) in [6.07, 6.45) is 0. The van der Waals surface area contributed by atoms with Crippen LogP contribution in [-0.2, 0) is 7.05 Å². The number of hydrogen-bond acceptors (Lipinski definition) is 2. The van der Waals surface area contributed by atoms with E-state index >= 15 is 0 Å². The molecule has 0 atom stereocenters. The maximum absolute atomic E-state index is 7.00. The number of nitrogens with zero attached hydrogens (tertiary/aromatic N) is 2. The Bertz CT molecular complexity index is 3100. The Morgan fingerprint density at radius 3 is 1.80 bits per heavy atom. The van der Waals surface area contributed by atoms with Crippen LogP contribution in [0.1, 0.15) is 56.2 Å². The summed E-state index contributed by atoms with van der Waals surface area (Å²) in [7, 11) is 2.20. The molecule has 4 heteroatoms. The van der Waals surface area contributed by atoms with Crippen molar-refractivity contribution in [3.05, 3.63) is 156 Å². The Labute approximate surface area is 320 Å². The van der Waals surface area contributed by atoms with Gasteiger partial charge in [-0.25, -0.2) is 4.57 Å². The van der Waals surface area contributed by atoms with E-state index in [1.54, 1.807) is 0 Å². The number of furan rings is 2. The molecule has 3 heterocycles. The first-order chi connectivity index (χ1) is 26.8. The lowest BCUT2D eigenvalue weighted by molar-refractivity contribution is -0.633. The normalized spacial score (nSPS) is 12.1. The summed E-state index contributed by atoms with van der Waals surface area (Å²) in [5.41, 5.74) is 16.6. The van der Waals surface area contributed by atoms with Crippen LogP contribution in [0.4, 0.5) is 0 Å². The molecule has 0 unspecified atom stereocenters. The van der Waals surface area contributed by atoms with Gasteiger partial charge < -0.3 is 8.83 Å². The van der Waals surface area contributed by atoms with Gasteiger partial charge in [0.1, 0.15) is 28.0 Å². The van der Waals surface area contributed by atoms with Crippen molar-refractivity contribution >= 4 is 54.9 Å². The minimum absolute atomic E-state index is 0.199. The summed E-state index contributed by atoms with van der Waals surface area (Å²) >= 11 is 0. The van der Waals surface area contributed by atoms with Crippen LogP contribution >= 0.6 is 0 Å². The van der Waals surface area contributed by atoms with Gasteiger partial charge in [-0.1, -0.05) is 125 Å². The van der Waals surface area contributed by atoms with E-state index in [1.807, 2.05) is 0 Å². The van der Waals surface area contributed by atoms with Gasteiger partial charge in [-0.15, -0.1) is 0 Å². The van der Waals surface area contributed by atoms with Gasteiger partial charge in [-0.05, 0) is 89.0 Å². The van der Waals surface area contributed by atoms with Crippen LogP contribution in [-0.4, -0.2) is 4.57 Å². The minimum Gasteiger partial charge on any atom is -0.456 e. The molecule has 0 aliphatic heterocycles. The Balaban J connectivity index is 1.30. The van der Waals surface area contributed by atoms with Crippen molar-refractivity contribution in [2.45, 2.75) is 46.5 Å². The molecular formula is C51H43N2O2+. The van der Waals surface area contributed by atoms with Crippen molar-refractivity contribution in [1.29, 1.82) is 0 Å². The number of benzene rings is 7. The molecule has 10 aromatic rings. The topological polar surface area (TPSA) is 35.1 Å². The molecule has 7 aromatic carbocycles. The lowest BCUT2D eigenvalue weighted by atomic mass is 9.88. The van der Waals surface area contributed by atoms with Gasteiger partial charge >= 0.3 is 0 Å². The summed E-state index contributed by atoms with van der Waals surface area (Å²) in [5.74, 6) is 1.52. The van der Waals surface area contributed by atoms with E-state index in [9.17, 15) is 0 Å². The summed E-state index contributed by atoms with van der Waals surface area (Å²) in [6, 6.07) is 50.0. The molecule has 0 saturated heterocycles. The van der Waals surface area contributed by atoms with Crippen LogP contribution in [0.15, 0.2) is 148 Å². The van der Waals surface area contributed by atoms with Crippen LogP contribution in [0, 0.1) is 6.92 Å². The van der Waals surface area contributed by atoms with E-state index in [0.717, 1.165) is 77.6 Å². The molecule has 0 amide bonds. The van der Waals surface area contributed by atoms with Crippen LogP contribution in [0.3, 0.4) is 0 Å². The number of aryl methyl sites for hydroxylation is 2. The molecule has 0 saturated carbocycles. The average Bonchev–Trinajstić information content (AvgIpc) is 3.86. The zero-order valence-electron chi connectivity index (χ0n) is 32.1. The molecule has 55 heavy (non-hydrogen) atoms. The zero-order chi connectivity index (χ0) is 37.5. The molecule has 0 bridgehead atoms. The van der Waals surface area contributed by atoms with E-state index < -0.39 is 0 Å². The predicted molar refractivity (Wildman–Crippen MR) is 228 cm³/mol. The molecule has 0 aliphatic rings.